The number of nitrogens with two attached hydrogens (primary N) is 1. The van der Waals surface area contributed by atoms with Crippen molar-refractivity contribution in [2.75, 3.05) is 0 Å². The Hall–Kier alpha value is -2.82. The van der Waals surface area contributed by atoms with E-state index in [4.69, 9.17) is 10.5 Å². The predicted molar refractivity (Wildman–Crippen MR) is 86.0 cm³/mol. The fourth-order valence-electron chi connectivity index (χ4n) is 3.18. The second-order valence-corrected chi connectivity index (χ2v) is 5.72. The molecule has 0 saturated heterocycles. The van der Waals surface area contributed by atoms with Gasteiger partial charge in [-0.15, -0.1) is 0 Å². The molecule has 3 N–H and O–H groups in total. The summed E-state index contributed by atoms with van der Waals surface area (Å²) in [7, 11) is 0. The molecule has 23 heavy (non-hydrogen) atoms. The molecular weight excluding hydrogens is 290 g/mol. The molecule has 5 nitrogen and oxygen atoms in total. The Morgan fingerprint density at radius 2 is 2.17 bits per heavy atom. The van der Waals surface area contributed by atoms with Crippen LogP contribution in [0.1, 0.15) is 35.3 Å². The lowest BCUT2D eigenvalue weighted by molar-refractivity contribution is -0.125. The Kier molecular flexibility index (Phi) is 3.26. The summed E-state index contributed by atoms with van der Waals surface area (Å²) in [6.45, 7) is 0. The van der Waals surface area contributed by atoms with E-state index in [-0.39, 0.29) is 6.04 Å². The summed E-state index contributed by atoms with van der Waals surface area (Å²) in [6, 6.07) is 17.2. The molecule has 115 valence electrons. The SMILES string of the molecule is NC(=O)C1OC(N[C@@H]2CCc3ccccc32)=Nc2ccc[c]c21. The summed E-state index contributed by atoms with van der Waals surface area (Å²) < 4.78 is 5.68. The lowest BCUT2D eigenvalue weighted by atomic mass is 10.1. The van der Waals surface area contributed by atoms with Crippen molar-refractivity contribution in [3.63, 3.8) is 0 Å². The van der Waals surface area contributed by atoms with E-state index in [0.717, 1.165) is 12.8 Å². The summed E-state index contributed by atoms with van der Waals surface area (Å²) in [5, 5.41) is 3.31. The molecule has 1 aliphatic carbocycles. The Morgan fingerprint density at radius 3 is 3.04 bits per heavy atom. The highest BCUT2D eigenvalue weighted by Gasteiger charge is 2.31. The number of aliphatic imine (C=N–C) groups is 1. The molecule has 1 unspecified atom stereocenters. The average Bonchev–Trinajstić information content (AvgIpc) is 2.97. The van der Waals surface area contributed by atoms with Crippen LogP contribution in [0.5, 0.6) is 0 Å². The third-order valence-electron chi connectivity index (χ3n) is 4.27. The first kappa shape index (κ1) is 13.8. The fraction of sp³-hybridized carbons (Fsp3) is 0.222. The van der Waals surface area contributed by atoms with E-state index in [0.29, 0.717) is 17.3 Å². The van der Waals surface area contributed by atoms with Crippen molar-refractivity contribution in [3.05, 3.63) is 65.2 Å². The molecular formula is C18H16N3O2. The lowest BCUT2D eigenvalue weighted by Crippen LogP contribution is -2.36. The molecule has 1 amide bonds. The van der Waals surface area contributed by atoms with Gasteiger partial charge in [-0.25, -0.2) is 0 Å². The van der Waals surface area contributed by atoms with Gasteiger partial charge in [0, 0.05) is 5.56 Å². The standard InChI is InChI=1S/C18H16N3O2/c19-17(22)16-13-7-3-4-8-14(13)20-18(23-16)21-15-10-9-11-5-1-2-6-12(11)15/h1-6,8,15-16H,9-10H2,(H2,19,22)(H,20,21)/t15-,16?/m1/s1. The van der Waals surface area contributed by atoms with E-state index in [1.807, 2.05) is 24.3 Å². The molecule has 2 aromatic carbocycles. The van der Waals surface area contributed by atoms with Gasteiger partial charge in [0.25, 0.3) is 11.9 Å². The third kappa shape index (κ3) is 2.44. The van der Waals surface area contributed by atoms with Crippen molar-refractivity contribution in [1.82, 2.24) is 5.32 Å². The van der Waals surface area contributed by atoms with Crippen LogP contribution in [0.15, 0.2) is 47.5 Å². The molecule has 0 saturated carbocycles. The minimum Gasteiger partial charge on any atom is -0.447 e. The summed E-state index contributed by atoms with van der Waals surface area (Å²) >= 11 is 0. The van der Waals surface area contributed by atoms with Gasteiger partial charge >= 0.3 is 0 Å². The second kappa shape index (κ2) is 5.43. The number of benzene rings is 2. The molecule has 0 bridgehead atoms. The number of carbonyl (C=O) groups excluding carboxylic acids is 1. The molecule has 0 fully saturated rings. The number of primary amides is 1. The van der Waals surface area contributed by atoms with E-state index < -0.39 is 12.0 Å². The lowest BCUT2D eigenvalue weighted by Gasteiger charge is -2.26. The maximum atomic E-state index is 11.7. The van der Waals surface area contributed by atoms with Gasteiger partial charge in [0.2, 0.25) is 6.10 Å². The van der Waals surface area contributed by atoms with Gasteiger partial charge < -0.3 is 15.8 Å². The van der Waals surface area contributed by atoms with Crippen molar-refractivity contribution in [2.24, 2.45) is 10.7 Å². The van der Waals surface area contributed by atoms with Crippen molar-refractivity contribution in [1.29, 1.82) is 0 Å². The molecule has 1 radical (unpaired) electrons. The minimum atomic E-state index is -0.858. The highest BCUT2D eigenvalue weighted by atomic mass is 16.5. The van der Waals surface area contributed by atoms with E-state index in [9.17, 15) is 4.79 Å². The number of nitrogens with zero attached hydrogens (tertiary/aromatic N) is 1. The van der Waals surface area contributed by atoms with E-state index in [2.05, 4.69) is 28.5 Å². The van der Waals surface area contributed by atoms with Crippen LogP contribution in [0.3, 0.4) is 0 Å². The van der Waals surface area contributed by atoms with E-state index in [1.54, 1.807) is 6.07 Å². The van der Waals surface area contributed by atoms with Crippen LogP contribution in [0, 0.1) is 6.07 Å². The fourth-order valence-corrected chi connectivity index (χ4v) is 3.18. The van der Waals surface area contributed by atoms with Crippen molar-refractivity contribution < 1.29 is 9.53 Å². The molecule has 5 heteroatoms. The third-order valence-corrected chi connectivity index (χ3v) is 4.27. The van der Waals surface area contributed by atoms with Gasteiger partial charge in [0.15, 0.2) is 0 Å². The average molecular weight is 306 g/mol. The number of hydrogen-bond acceptors (Lipinski definition) is 4. The minimum absolute atomic E-state index is 0.132. The number of amides is 1. The molecule has 2 aliphatic rings. The first-order valence-electron chi connectivity index (χ1n) is 7.62. The van der Waals surface area contributed by atoms with Crippen LogP contribution in [0.2, 0.25) is 0 Å². The quantitative estimate of drug-likeness (QED) is 0.894. The largest absolute Gasteiger partial charge is 0.447 e. The number of amidine groups is 1. The number of fused-ring (bicyclic) bond motifs is 2. The zero-order valence-electron chi connectivity index (χ0n) is 12.5. The number of carbonyl (C=O) groups is 1. The first-order valence-corrected chi connectivity index (χ1v) is 7.62. The molecule has 2 aromatic rings. The highest BCUT2D eigenvalue weighted by Crippen LogP contribution is 2.34. The molecule has 4 rings (SSSR count). The van der Waals surface area contributed by atoms with Crippen molar-refractivity contribution >= 4 is 17.6 Å². The maximum Gasteiger partial charge on any atom is 0.291 e. The molecule has 0 aromatic heterocycles. The van der Waals surface area contributed by atoms with Crippen LogP contribution in [-0.2, 0) is 16.0 Å². The Labute approximate surface area is 134 Å². The smallest absolute Gasteiger partial charge is 0.291 e. The molecule has 2 atom stereocenters. The van der Waals surface area contributed by atoms with Gasteiger partial charge in [-0.05, 0) is 36.1 Å². The number of hydrogen-bond donors (Lipinski definition) is 2. The van der Waals surface area contributed by atoms with Crippen LogP contribution in [0.25, 0.3) is 0 Å². The van der Waals surface area contributed by atoms with Gasteiger partial charge in [-0.3, -0.25) is 4.79 Å². The number of nitrogens with one attached hydrogen (secondary N) is 1. The number of rotatable bonds is 2. The Balaban J connectivity index is 1.64. The second-order valence-electron chi connectivity index (χ2n) is 5.72. The predicted octanol–water partition coefficient (Wildman–Crippen LogP) is 2.31. The van der Waals surface area contributed by atoms with Gasteiger partial charge in [-0.1, -0.05) is 36.4 Å². The molecule has 1 heterocycles. The maximum absolute atomic E-state index is 11.7. The van der Waals surface area contributed by atoms with E-state index >= 15 is 0 Å². The van der Waals surface area contributed by atoms with Crippen LogP contribution in [-0.4, -0.2) is 11.9 Å². The monoisotopic (exact) mass is 306 g/mol. The van der Waals surface area contributed by atoms with Gasteiger partial charge in [-0.2, -0.15) is 4.99 Å². The Morgan fingerprint density at radius 1 is 1.30 bits per heavy atom. The summed E-state index contributed by atoms with van der Waals surface area (Å²) in [5.74, 6) is -0.547. The topological polar surface area (TPSA) is 76.7 Å². The summed E-state index contributed by atoms with van der Waals surface area (Å²) in [6.07, 6.45) is 1.13. The number of ether oxygens (including phenoxy) is 1. The van der Waals surface area contributed by atoms with E-state index in [1.165, 1.54) is 11.1 Å². The molecule has 1 aliphatic heterocycles. The zero-order chi connectivity index (χ0) is 15.8. The number of aryl methyl sites for hydroxylation is 1. The molecule has 0 spiro atoms. The van der Waals surface area contributed by atoms with Crippen molar-refractivity contribution in [2.45, 2.75) is 25.0 Å². The zero-order valence-corrected chi connectivity index (χ0v) is 12.5. The highest BCUT2D eigenvalue weighted by molar-refractivity contribution is 5.89. The summed E-state index contributed by atoms with van der Waals surface area (Å²) in [4.78, 5) is 16.2. The van der Waals surface area contributed by atoms with Crippen LogP contribution < -0.4 is 11.1 Å². The normalized spacial score (nSPS) is 21.7. The van der Waals surface area contributed by atoms with Crippen LogP contribution in [0.4, 0.5) is 5.69 Å². The van der Waals surface area contributed by atoms with Crippen molar-refractivity contribution in [3.8, 4) is 0 Å². The summed E-state index contributed by atoms with van der Waals surface area (Å²) in [5.41, 5.74) is 9.29. The van der Waals surface area contributed by atoms with Gasteiger partial charge in [0.1, 0.15) is 0 Å². The Bertz CT molecular complexity index is 800. The van der Waals surface area contributed by atoms with Gasteiger partial charge in [0.05, 0.1) is 11.7 Å². The first-order chi connectivity index (χ1) is 11.2. The van der Waals surface area contributed by atoms with Crippen LogP contribution >= 0.6 is 0 Å².